The highest BCUT2D eigenvalue weighted by Gasteiger charge is 2.71. The standard InChI is InChI=1S/C20H18Cl2FN3O2/c1-11(17(27)25-13-3-5-16(23)24-7-13)19-8-20(9-19,10-19)26-18(28)12-2-4-14(21)15(22)6-12/h2-7,11H,8-10H2,1H3,(H,25,27)(H,26,28). The molecule has 5 nitrogen and oxygen atoms in total. The first kappa shape index (κ1) is 19.2. The molecular weight excluding hydrogens is 404 g/mol. The van der Waals surface area contributed by atoms with Crippen molar-refractivity contribution in [3.8, 4) is 0 Å². The lowest BCUT2D eigenvalue weighted by molar-refractivity contribution is -0.184. The predicted molar refractivity (Wildman–Crippen MR) is 105 cm³/mol. The highest BCUT2D eigenvalue weighted by molar-refractivity contribution is 6.42. The molecule has 0 saturated heterocycles. The first-order valence-corrected chi connectivity index (χ1v) is 9.68. The maximum atomic E-state index is 12.9. The van der Waals surface area contributed by atoms with Gasteiger partial charge in [-0.1, -0.05) is 30.1 Å². The number of hydrogen-bond donors (Lipinski definition) is 2. The number of hydrogen-bond acceptors (Lipinski definition) is 3. The lowest BCUT2D eigenvalue weighted by Crippen LogP contribution is -2.77. The minimum Gasteiger partial charge on any atom is -0.347 e. The minimum absolute atomic E-state index is 0.109. The van der Waals surface area contributed by atoms with Crippen LogP contribution >= 0.6 is 23.2 Å². The molecule has 2 amide bonds. The van der Waals surface area contributed by atoms with E-state index in [4.69, 9.17) is 23.2 Å². The fraction of sp³-hybridized carbons (Fsp3) is 0.350. The molecule has 3 aliphatic carbocycles. The number of nitrogens with zero attached hydrogens (tertiary/aromatic N) is 1. The van der Waals surface area contributed by atoms with Crippen molar-refractivity contribution in [1.82, 2.24) is 10.3 Å². The van der Waals surface area contributed by atoms with Crippen LogP contribution in [0.25, 0.3) is 0 Å². The van der Waals surface area contributed by atoms with Gasteiger partial charge in [0, 0.05) is 17.0 Å². The Morgan fingerprint density at radius 3 is 2.46 bits per heavy atom. The van der Waals surface area contributed by atoms with E-state index in [0.29, 0.717) is 21.3 Å². The Bertz CT molecular complexity index is 945. The van der Waals surface area contributed by atoms with Gasteiger partial charge in [-0.15, -0.1) is 0 Å². The largest absolute Gasteiger partial charge is 0.347 e. The number of benzene rings is 1. The summed E-state index contributed by atoms with van der Waals surface area (Å²) >= 11 is 11.9. The van der Waals surface area contributed by atoms with Crippen molar-refractivity contribution < 1.29 is 14.0 Å². The molecule has 1 unspecified atom stereocenters. The zero-order valence-electron chi connectivity index (χ0n) is 15.1. The average Bonchev–Trinajstić information content (AvgIpc) is 2.60. The number of rotatable bonds is 5. The van der Waals surface area contributed by atoms with Crippen LogP contribution in [-0.2, 0) is 4.79 Å². The summed E-state index contributed by atoms with van der Waals surface area (Å²) in [6.45, 7) is 1.89. The van der Waals surface area contributed by atoms with Gasteiger partial charge in [0.05, 0.1) is 21.9 Å². The molecule has 28 heavy (non-hydrogen) atoms. The number of aromatic nitrogens is 1. The summed E-state index contributed by atoms with van der Waals surface area (Å²) in [6, 6.07) is 7.46. The number of amides is 2. The minimum atomic E-state index is -0.592. The second-order valence-corrected chi connectivity index (χ2v) is 8.65. The summed E-state index contributed by atoms with van der Waals surface area (Å²) < 4.78 is 12.9. The number of anilines is 1. The summed E-state index contributed by atoms with van der Waals surface area (Å²) in [5, 5.41) is 6.59. The van der Waals surface area contributed by atoms with Crippen molar-refractivity contribution >= 4 is 40.7 Å². The van der Waals surface area contributed by atoms with Crippen LogP contribution in [0.1, 0.15) is 36.5 Å². The van der Waals surface area contributed by atoms with Crippen molar-refractivity contribution in [3.63, 3.8) is 0 Å². The summed E-state index contributed by atoms with van der Waals surface area (Å²) in [5.74, 6) is -1.13. The van der Waals surface area contributed by atoms with Crippen LogP contribution in [0.2, 0.25) is 10.0 Å². The van der Waals surface area contributed by atoms with Crippen molar-refractivity contribution in [2.45, 2.75) is 31.7 Å². The molecule has 2 bridgehead atoms. The highest BCUT2D eigenvalue weighted by atomic mass is 35.5. The molecule has 3 saturated carbocycles. The molecule has 3 fully saturated rings. The Labute approximate surface area is 171 Å². The Hall–Kier alpha value is -2.18. The number of nitrogens with one attached hydrogen (secondary N) is 2. The topological polar surface area (TPSA) is 71.1 Å². The van der Waals surface area contributed by atoms with Gasteiger partial charge >= 0.3 is 0 Å². The SMILES string of the molecule is CC(C(=O)Nc1ccc(F)nc1)C12CC(NC(=O)c3ccc(Cl)c(Cl)c3)(C1)C2. The molecular formula is C20H18Cl2FN3O2. The van der Waals surface area contributed by atoms with E-state index in [1.54, 1.807) is 18.2 Å². The number of pyridine rings is 1. The second kappa shape index (κ2) is 6.71. The normalized spacial score (nSPS) is 25.9. The number of carbonyl (C=O) groups excluding carboxylic acids is 2. The zero-order chi connectivity index (χ0) is 20.1. The van der Waals surface area contributed by atoms with Crippen molar-refractivity contribution in [1.29, 1.82) is 0 Å². The first-order valence-electron chi connectivity index (χ1n) is 8.92. The molecule has 5 rings (SSSR count). The van der Waals surface area contributed by atoms with Gasteiger partial charge in [-0.25, -0.2) is 4.98 Å². The lowest BCUT2D eigenvalue weighted by atomic mass is 9.36. The van der Waals surface area contributed by atoms with Crippen molar-refractivity contribution in [2.75, 3.05) is 5.32 Å². The van der Waals surface area contributed by atoms with Crippen LogP contribution < -0.4 is 10.6 Å². The van der Waals surface area contributed by atoms with Gasteiger partial charge in [0.15, 0.2) is 0 Å². The Morgan fingerprint density at radius 2 is 1.86 bits per heavy atom. The smallest absolute Gasteiger partial charge is 0.251 e. The first-order chi connectivity index (χ1) is 13.2. The van der Waals surface area contributed by atoms with Gasteiger partial charge in [-0.05, 0) is 55.0 Å². The average molecular weight is 422 g/mol. The third kappa shape index (κ3) is 3.25. The van der Waals surface area contributed by atoms with Crippen LogP contribution in [0, 0.1) is 17.3 Å². The zero-order valence-corrected chi connectivity index (χ0v) is 16.6. The summed E-state index contributed by atoms with van der Waals surface area (Å²) in [5.41, 5.74) is 0.563. The van der Waals surface area contributed by atoms with E-state index in [9.17, 15) is 14.0 Å². The van der Waals surface area contributed by atoms with Gasteiger partial charge in [0.25, 0.3) is 5.91 Å². The van der Waals surface area contributed by atoms with E-state index in [1.807, 2.05) is 6.92 Å². The van der Waals surface area contributed by atoms with Crippen molar-refractivity contribution in [3.05, 3.63) is 58.1 Å². The van der Waals surface area contributed by atoms with Crippen LogP contribution in [0.3, 0.4) is 0 Å². The maximum Gasteiger partial charge on any atom is 0.251 e. The maximum absolute atomic E-state index is 12.9. The Kier molecular flexibility index (Phi) is 4.59. The lowest BCUT2D eigenvalue weighted by Gasteiger charge is -2.72. The summed E-state index contributed by atoms with van der Waals surface area (Å²) in [6.07, 6.45) is 3.55. The fourth-order valence-electron chi connectivity index (χ4n) is 4.39. The Morgan fingerprint density at radius 1 is 1.14 bits per heavy atom. The van der Waals surface area contributed by atoms with Crippen LogP contribution in [0.4, 0.5) is 10.1 Å². The van der Waals surface area contributed by atoms with Crippen molar-refractivity contribution in [2.24, 2.45) is 11.3 Å². The number of carbonyl (C=O) groups is 2. The van der Waals surface area contributed by atoms with Gasteiger partial charge in [0.2, 0.25) is 11.9 Å². The molecule has 2 aromatic rings. The molecule has 0 spiro atoms. The molecule has 1 heterocycles. The summed E-state index contributed by atoms with van der Waals surface area (Å²) in [7, 11) is 0. The third-order valence-electron chi connectivity index (χ3n) is 5.94. The monoisotopic (exact) mass is 421 g/mol. The molecule has 3 aliphatic rings. The number of halogens is 3. The molecule has 1 aromatic carbocycles. The molecule has 146 valence electrons. The van der Waals surface area contributed by atoms with E-state index in [2.05, 4.69) is 15.6 Å². The highest BCUT2D eigenvalue weighted by Crippen LogP contribution is 2.70. The van der Waals surface area contributed by atoms with E-state index in [0.717, 1.165) is 19.3 Å². The molecule has 8 heteroatoms. The van der Waals surface area contributed by atoms with Gasteiger partial charge < -0.3 is 10.6 Å². The fourth-order valence-corrected chi connectivity index (χ4v) is 4.69. The quantitative estimate of drug-likeness (QED) is 0.700. The Balaban J connectivity index is 1.34. The second-order valence-electron chi connectivity index (χ2n) is 7.84. The van der Waals surface area contributed by atoms with Crippen LogP contribution in [0.5, 0.6) is 0 Å². The van der Waals surface area contributed by atoms with Gasteiger partial charge in [-0.2, -0.15) is 4.39 Å². The molecule has 2 N–H and O–H groups in total. The molecule has 0 aliphatic heterocycles. The molecule has 1 aromatic heterocycles. The van der Waals surface area contributed by atoms with E-state index < -0.39 is 5.95 Å². The van der Waals surface area contributed by atoms with Gasteiger partial charge in [-0.3, -0.25) is 9.59 Å². The third-order valence-corrected chi connectivity index (χ3v) is 6.68. The van der Waals surface area contributed by atoms with Crippen LogP contribution in [0.15, 0.2) is 36.5 Å². The van der Waals surface area contributed by atoms with E-state index >= 15 is 0 Å². The van der Waals surface area contributed by atoms with E-state index in [1.165, 1.54) is 18.3 Å². The predicted octanol–water partition coefficient (Wildman–Crippen LogP) is 4.45. The van der Waals surface area contributed by atoms with Gasteiger partial charge in [0.1, 0.15) is 0 Å². The van der Waals surface area contributed by atoms with E-state index in [-0.39, 0.29) is 28.7 Å². The molecule has 1 atom stereocenters. The molecule has 0 radical (unpaired) electrons. The summed E-state index contributed by atoms with van der Waals surface area (Å²) in [4.78, 5) is 28.6. The van der Waals surface area contributed by atoms with Crippen LogP contribution in [-0.4, -0.2) is 22.3 Å².